The van der Waals surface area contributed by atoms with Crippen molar-refractivity contribution in [3.8, 4) is 0 Å². The molecule has 102 valence electrons. The summed E-state index contributed by atoms with van der Waals surface area (Å²) in [6.07, 6.45) is 2.18. The van der Waals surface area contributed by atoms with Crippen molar-refractivity contribution in [3.63, 3.8) is 0 Å². The van der Waals surface area contributed by atoms with E-state index in [4.69, 9.17) is 5.73 Å². The molecule has 18 heavy (non-hydrogen) atoms. The highest BCUT2D eigenvalue weighted by Gasteiger charge is 2.49. The summed E-state index contributed by atoms with van der Waals surface area (Å²) in [5.74, 6) is -0.165. The van der Waals surface area contributed by atoms with Gasteiger partial charge >= 0.3 is 5.97 Å². The van der Waals surface area contributed by atoms with Crippen LogP contribution in [0.2, 0.25) is 0 Å². The first-order valence-electron chi connectivity index (χ1n) is 6.35. The second-order valence-corrected chi connectivity index (χ2v) is 6.58. The van der Waals surface area contributed by atoms with Crippen molar-refractivity contribution in [1.29, 1.82) is 0 Å². The molecule has 0 aromatic rings. The van der Waals surface area contributed by atoms with Crippen molar-refractivity contribution in [2.45, 2.75) is 44.1 Å². The summed E-state index contributed by atoms with van der Waals surface area (Å²) < 4.78 is 0. The molecule has 2 aliphatic rings. The number of thioether (sulfide) groups is 1. The zero-order valence-electron chi connectivity index (χ0n) is 10.7. The number of aliphatic carboxylic acids is 1. The Labute approximate surface area is 111 Å². The minimum absolute atomic E-state index is 0.0170. The maximum atomic E-state index is 12.4. The van der Waals surface area contributed by atoms with E-state index in [0.29, 0.717) is 11.7 Å². The van der Waals surface area contributed by atoms with Gasteiger partial charge in [-0.15, -0.1) is 11.8 Å². The summed E-state index contributed by atoms with van der Waals surface area (Å²) in [5, 5.41) is 9.24. The van der Waals surface area contributed by atoms with Crippen LogP contribution < -0.4 is 5.73 Å². The zero-order valence-corrected chi connectivity index (χ0v) is 11.5. The summed E-state index contributed by atoms with van der Waals surface area (Å²) in [4.78, 5) is 25.2. The fourth-order valence-electron chi connectivity index (χ4n) is 2.20. The number of hydrogen-bond acceptors (Lipinski definition) is 4. The van der Waals surface area contributed by atoms with E-state index in [2.05, 4.69) is 0 Å². The first-order chi connectivity index (χ1) is 8.43. The lowest BCUT2D eigenvalue weighted by atomic mass is 10.0. The van der Waals surface area contributed by atoms with Crippen LogP contribution in [0.5, 0.6) is 0 Å². The molecule has 1 heterocycles. The molecule has 2 unspecified atom stereocenters. The van der Waals surface area contributed by atoms with Crippen molar-refractivity contribution in [1.82, 2.24) is 4.90 Å². The summed E-state index contributed by atoms with van der Waals surface area (Å²) in [5.41, 5.74) is 5.89. The van der Waals surface area contributed by atoms with E-state index in [0.717, 1.165) is 12.8 Å². The fraction of sp³-hybridized carbons (Fsp3) is 0.833. The van der Waals surface area contributed by atoms with Gasteiger partial charge in [-0.1, -0.05) is 13.8 Å². The Kier molecular flexibility index (Phi) is 3.87. The third kappa shape index (κ3) is 2.49. The van der Waals surface area contributed by atoms with Crippen LogP contribution in [0.4, 0.5) is 0 Å². The number of carboxylic acid groups (broad SMARTS) is 1. The maximum Gasteiger partial charge on any atom is 0.327 e. The van der Waals surface area contributed by atoms with Crippen LogP contribution in [-0.2, 0) is 9.59 Å². The molecule has 1 aliphatic carbocycles. The lowest BCUT2D eigenvalue weighted by molar-refractivity contribution is -0.150. The van der Waals surface area contributed by atoms with E-state index in [9.17, 15) is 14.7 Å². The molecule has 0 bridgehead atoms. The largest absolute Gasteiger partial charge is 0.480 e. The summed E-state index contributed by atoms with van der Waals surface area (Å²) >= 11 is 1.58. The van der Waals surface area contributed by atoms with Crippen LogP contribution in [0.3, 0.4) is 0 Å². The van der Waals surface area contributed by atoms with Gasteiger partial charge < -0.3 is 15.7 Å². The molecule has 0 radical (unpaired) electrons. The van der Waals surface area contributed by atoms with E-state index in [1.54, 1.807) is 11.8 Å². The minimum atomic E-state index is -0.921. The van der Waals surface area contributed by atoms with Crippen LogP contribution in [-0.4, -0.2) is 45.1 Å². The highest BCUT2D eigenvalue weighted by atomic mass is 32.2. The van der Waals surface area contributed by atoms with Gasteiger partial charge in [0, 0.05) is 5.75 Å². The highest BCUT2D eigenvalue weighted by molar-refractivity contribution is 8.00. The molecule has 3 atom stereocenters. The third-order valence-electron chi connectivity index (χ3n) is 3.60. The van der Waals surface area contributed by atoms with Crippen LogP contribution in [0, 0.1) is 11.8 Å². The van der Waals surface area contributed by atoms with E-state index in [1.807, 2.05) is 13.8 Å². The number of nitrogens with zero attached hydrogens (tertiary/aromatic N) is 1. The number of carboxylic acids is 1. The molecular weight excluding hydrogens is 252 g/mol. The topological polar surface area (TPSA) is 83.6 Å². The normalized spacial score (nSPS) is 29.7. The molecule has 2 fully saturated rings. The lowest BCUT2D eigenvalue weighted by Gasteiger charge is -2.31. The molecule has 5 nitrogen and oxygen atoms in total. The Balaban J connectivity index is 2.17. The Morgan fingerprint density at radius 3 is 2.44 bits per heavy atom. The monoisotopic (exact) mass is 272 g/mol. The predicted octanol–water partition coefficient (Wildman–Crippen LogP) is 0.734. The van der Waals surface area contributed by atoms with Crippen molar-refractivity contribution < 1.29 is 14.7 Å². The molecule has 1 saturated carbocycles. The molecule has 3 N–H and O–H groups in total. The van der Waals surface area contributed by atoms with Crippen LogP contribution >= 0.6 is 11.8 Å². The molecule has 1 saturated heterocycles. The van der Waals surface area contributed by atoms with Crippen LogP contribution in [0.1, 0.15) is 26.7 Å². The maximum absolute atomic E-state index is 12.4. The van der Waals surface area contributed by atoms with Gasteiger partial charge in [-0.2, -0.15) is 0 Å². The van der Waals surface area contributed by atoms with Crippen LogP contribution in [0.25, 0.3) is 0 Å². The van der Waals surface area contributed by atoms with Gasteiger partial charge in [-0.3, -0.25) is 4.79 Å². The third-order valence-corrected chi connectivity index (χ3v) is 5.06. The Morgan fingerprint density at radius 2 is 2.00 bits per heavy atom. The number of nitrogens with two attached hydrogens (primary N) is 1. The standard InChI is InChI=1S/C12H20N2O3S/c1-6(2)9(13)10(15)14-8(12(16)17)5-18-11(14)7-3-4-7/h6-9,11H,3-5,13H2,1-2H3,(H,16,17)/t8?,9-,11?/m0/s1. The van der Waals surface area contributed by atoms with Crippen molar-refractivity contribution in [2.24, 2.45) is 17.6 Å². The van der Waals surface area contributed by atoms with Gasteiger partial charge in [0.05, 0.1) is 11.4 Å². The predicted molar refractivity (Wildman–Crippen MR) is 70.1 cm³/mol. The quantitative estimate of drug-likeness (QED) is 0.788. The van der Waals surface area contributed by atoms with E-state index in [-0.39, 0.29) is 17.2 Å². The number of carbonyl (C=O) groups is 2. The molecule has 0 spiro atoms. The zero-order chi connectivity index (χ0) is 13.4. The lowest BCUT2D eigenvalue weighted by Crippen LogP contribution is -2.54. The molecule has 0 aromatic heterocycles. The minimum Gasteiger partial charge on any atom is -0.480 e. The number of carbonyl (C=O) groups excluding carboxylic acids is 1. The summed E-state index contributed by atoms with van der Waals surface area (Å²) in [6, 6.07) is -1.32. The summed E-state index contributed by atoms with van der Waals surface area (Å²) in [7, 11) is 0. The molecule has 2 rings (SSSR count). The molecule has 1 amide bonds. The van der Waals surface area contributed by atoms with Crippen molar-refractivity contribution in [3.05, 3.63) is 0 Å². The van der Waals surface area contributed by atoms with E-state index in [1.165, 1.54) is 4.90 Å². The molecule has 6 heteroatoms. The fourth-order valence-corrected chi connectivity index (χ4v) is 3.84. The van der Waals surface area contributed by atoms with Gasteiger partial charge in [-0.25, -0.2) is 4.79 Å². The second kappa shape index (κ2) is 5.09. The first kappa shape index (κ1) is 13.7. The number of rotatable bonds is 4. The summed E-state index contributed by atoms with van der Waals surface area (Å²) in [6.45, 7) is 3.77. The second-order valence-electron chi connectivity index (χ2n) is 5.43. The van der Waals surface area contributed by atoms with Gasteiger partial charge in [0.2, 0.25) is 5.91 Å². The Bertz CT molecular complexity index is 357. The van der Waals surface area contributed by atoms with E-state index < -0.39 is 18.1 Å². The molecule has 1 aliphatic heterocycles. The van der Waals surface area contributed by atoms with Gasteiger partial charge in [-0.05, 0) is 24.7 Å². The first-order valence-corrected chi connectivity index (χ1v) is 7.40. The Morgan fingerprint density at radius 1 is 1.39 bits per heavy atom. The average Bonchev–Trinajstić information content (AvgIpc) is 3.05. The van der Waals surface area contributed by atoms with Crippen molar-refractivity contribution >= 4 is 23.6 Å². The number of hydrogen-bond donors (Lipinski definition) is 2. The van der Waals surface area contributed by atoms with Gasteiger partial charge in [0.15, 0.2) is 0 Å². The van der Waals surface area contributed by atoms with Gasteiger partial charge in [0.25, 0.3) is 0 Å². The van der Waals surface area contributed by atoms with Crippen LogP contribution in [0.15, 0.2) is 0 Å². The van der Waals surface area contributed by atoms with Gasteiger partial charge in [0.1, 0.15) is 6.04 Å². The Hall–Kier alpha value is -0.750. The smallest absolute Gasteiger partial charge is 0.327 e. The molecule has 0 aromatic carbocycles. The average molecular weight is 272 g/mol. The molecular formula is C12H20N2O3S. The SMILES string of the molecule is CC(C)[C@H](N)C(=O)N1C(C(=O)O)CSC1C1CC1. The number of amides is 1. The van der Waals surface area contributed by atoms with E-state index >= 15 is 0 Å². The highest BCUT2D eigenvalue weighted by Crippen LogP contribution is 2.45. The van der Waals surface area contributed by atoms with Crippen molar-refractivity contribution in [2.75, 3.05) is 5.75 Å².